The van der Waals surface area contributed by atoms with Crippen molar-refractivity contribution in [2.24, 2.45) is 7.05 Å². The molecule has 1 heterocycles. The Kier molecular flexibility index (Phi) is 8.47. The van der Waals surface area contributed by atoms with E-state index >= 15 is 0 Å². The van der Waals surface area contributed by atoms with E-state index in [0.29, 0.717) is 36.4 Å². The van der Waals surface area contributed by atoms with E-state index in [4.69, 9.17) is 16.9 Å². The third-order valence-corrected chi connectivity index (χ3v) is 3.60. The second-order valence-electron chi connectivity index (χ2n) is 5.36. The van der Waals surface area contributed by atoms with Gasteiger partial charge in [0, 0.05) is 37.5 Å². The van der Waals surface area contributed by atoms with Gasteiger partial charge in [-0.25, -0.2) is 0 Å². The number of nitrogens with zero attached hydrogens (tertiary/aromatic N) is 3. The monoisotopic (exact) mass is 343 g/mol. The van der Waals surface area contributed by atoms with Crippen LogP contribution in [0.2, 0.25) is 0 Å². The summed E-state index contributed by atoms with van der Waals surface area (Å²) in [6.07, 6.45) is 7.55. The topological polar surface area (TPSA) is 61.8 Å². The van der Waals surface area contributed by atoms with Crippen LogP contribution >= 0.6 is 11.6 Å². The molecule has 0 unspecified atom stereocenters. The minimum atomic E-state index is 0.124. The average molecular weight is 344 g/mol. The molecule has 24 heavy (non-hydrogen) atoms. The Balaban J connectivity index is 3.23. The van der Waals surface area contributed by atoms with Gasteiger partial charge in [0.05, 0.1) is 11.6 Å². The zero-order chi connectivity index (χ0) is 17.9. The van der Waals surface area contributed by atoms with Crippen LogP contribution in [-0.4, -0.2) is 20.8 Å². The second-order valence-corrected chi connectivity index (χ2v) is 5.63. The van der Waals surface area contributed by atoms with Crippen LogP contribution in [-0.2, 0) is 7.05 Å². The van der Waals surface area contributed by atoms with Crippen LogP contribution in [0.4, 0.5) is 0 Å². The maximum Gasteiger partial charge on any atom is 0.121 e. The summed E-state index contributed by atoms with van der Waals surface area (Å²) in [6, 6.07) is 2.10. The number of aromatic nitrogens is 2. The Bertz CT molecular complexity index is 739. The Labute approximate surface area is 148 Å². The zero-order valence-corrected chi connectivity index (χ0v) is 14.9. The standard InChI is InChI=1S/C19H22ClN3O/c1-4-9-17(18(24)12-15(2)13-20)19-16(14-23(3)22-19)10-7-5-6-8-11-21/h4,12,14,24H,1,5-6,8-9,13H2,2-3H3/b15-12-,18-17-. The van der Waals surface area contributed by atoms with Crippen LogP contribution < -0.4 is 0 Å². The molecule has 0 atom stereocenters. The maximum atomic E-state index is 10.4. The van der Waals surface area contributed by atoms with Crippen molar-refractivity contribution in [3.63, 3.8) is 0 Å². The molecule has 0 spiro atoms. The molecule has 5 heteroatoms. The molecule has 1 rings (SSSR count). The van der Waals surface area contributed by atoms with E-state index < -0.39 is 0 Å². The number of rotatable bonds is 7. The third kappa shape index (κ3) is 5.99. The van der Waals surface area contributed by atoms with E-state index in [1.165, 1.54) is 0 Å². The van der Waals surface area contributed by atoms with Crippen LogP contribution in [0.3, 0.4) is 0 Å². The normalized spacial score (nSPS) is 12.0. The summed E-state index contributed by atoms with van der Waals surface area (Å²) in [7, 11) is 1.81. The number of aryl methyl sites for hydroxylation is 1. The van der Waals surface area contributed by atoms with Gasteiger partial charge in [-0.3, -0.25) is 4.68 Å². The molecular weight excluding hydrogens is 322 g/mol. The number of nitriles is 1. The van der Waals surface area contributed by atoms with Crippen molar-refractivity contribution in [3.8, 4) is 17.9 Å². The maximum absolute atomic E-state index is 10.4. The Hall–Kier alpha value is -2.43. The number of aliphatic hydroxyl groups excluding tert-OH is 1. The van der Waals surface area contributed by atoms with Gasteiger partial charge in [0.1, 0.15) is 11.5 Å². The summed E-state index contributed by atoms with van der Waals surface area (Å²) in [6.45, 7) is 5.60. The van der Waals surface area contributed by atoms with Crippen molar-refractivity contribution < 1.29 is 5.11 Å². The third-order valence-electron chi connectivity index (χ3n) is 3.18. The lowest BCUT2D eigenvalue weighted by Crippen LogP contribution is -1.96. The molecule has 1 aromatic heterocycles. The number of hydrogen-bond acceptors (Lipinski definition) is 3. The van der Waals surface area contributed by atoms with Gasteiger partial charge in [0.15, 0.2) is 0 Å². The minimum Gasteiger partial charge on any atom is -0.508 e. The molecule has 0 aliphatic heterocycles. The molecule has 1 N–H and O–H groups in total. The lowest BCUT2D eigenvalue weighted by molar-refractivity contribution is 0.433. The van der Waals surface area contributed by atoms with Crippen LogP contribution in [0, 0.1) is 23.2 Å². The highest BCUT2D eigenvalue weighted by atomic mass is 35.5. The largest absolute Gasteiger partial charge is 0.508 e. The van der Waals surface area contributed by atoms with Gasteiger partial charge < -0.3 is 5.11 Å². The summed E-state index contributed by atoms with van der Waals surface area (Å²) >= 11 is 5.78. The molecular formula is C19H22ClN3O. The molecule has 0 radical (unpaired) electrons. The quantitative estimate of drug-likeness (QED) is 0.198. The lowest BCUT2D eigenvalue weighted by atomic mass is 10.0. The molecule has 1 aromatic rings. The molecule has 126 valence electrons. The highest BCUT2D eigenvalue weighted by Gasteiger charge is 2.14. The van der Waals surface area contributed by atoms with Crippen molar-refractivity contribution in [1.82, 2.24) is 9.78 Å². The van der Waals surface area contributed by atoms with E-state index in [2.05, 4.69) is 29.6 Å². The number of allylic oxidation sites excluding steroid dienone is 4. The van der Waals surface area contributed by atoms with Crippen LogP contribution in [0.5, 0.6) is 0 Å². The van der Waals surface area contributed by atoms with Gasteiger partial charge in [-0.15, -0.1) is 18.2 Å². The van der Waals surface area contributed by atoms with Crippen LogP contribution in [0.15, 0.2) is 36.3 Å². The van der Waals surface area contributed by atoms with E-state index in [9.17, 15) is 5.11 Å². The molecule has 0 saturated carbocycles. The van der Waals surface area contributed by atoms with Gasteiger partial charge in [0.2, 0.25) is 0 Å². The fraction of sp³-hybridized carbons (Fsp3) is 0.368. The van der Waals surface area contributed by atoms with E-state index in [0.717, 1.165) is 17.6 Å². The molecule has 0 aliphatic carbocycles. The van der Waals surface area contributed by atoms with Gasteiger partial charge >= 0.3 is 0 Å². The second kappa shape index (κ2) is 10.4. The summed E-state index contributed by atoms with van der Waals surface area (Å²) in [5.74, 6) is 6.61. The Morgan fingerprint density at radius 3 is 2.88 bits per heavy atom. The smallest absolute Gasteiger partial charge is 0.121 e. The number of halogens is 1. The van der Waals surface area contributed by atoms with Gasteiger partial charge in [-0.2, -0.15) is 10.4 Å². The van der Waals surface area contributed by atoms with Crippen molar-refractivity contribution >= 4 is 17.2 Å². The van der Waals surface area contributed by atoms with E-state index in [1.807, 2.05) is 20.2 Å². The Morgan fingerprint density at radius 1 is 1.50 bits per heavy atom. The van der Waals surface area contributed by atoms with Crippen molar-refractivity contribution in [2.75, 3.05) is 5.88 Å². The first-order valence-electron chi connectivity index (χ1n) is 7.69. The van der Waals surface area contributed by atoms with E-state index in [1.54, 1.807) is 16.8 Å². The lowest BCUT2D eigenvalue weighted by Gasteiger charge is -2.06. The van der Waals surface area contributed by atoms with E-state index in [-0.39, 0.29) is 5.76 Å². The average Bonchev–Trinajstić information content (AvgIpc) is 2.92. The number of alkyl halides is 1. The summed E-state index contributed by atoms with van der Waals surface area (Å²) in [5, 5.41) is 23.4. The number of unbranched alkanes of at least 4 members (excludes halogenated alkanes) is 2. The molecule has 0 amide bonds. The molecule has 0 saturated heterocycles. The minimum absolute atomic E-state index is 0.124. The fourth-order valence-corrected chi connectivity index (χ4v) is 2.12. The first kappa shape index (κ1) is 19.6. The molecule has 0 aromatic carbocycles. The van der Waals surface area contributed by atoms with Gasteiger partial charge in [-0.1, -0.05) is 23.5 Å². The fourth-order valence-electron chi connectivity index (χ4n) is 2.04. The molecule has 0 fully saturated rings. The zero-order valence-electron chi connectivity index (χ0n) is 14.1. The molecule has 0 bridgehead atoms. The van der Waals surface area contributed by atoms with Gasteiger partial charge in [-0.05, 0) is 25.8 Å². The first-order valence-corrected chi connectivity index (χ1v) is 8.22. The number of aliphatic hydroxyl groups is 1. The highest BCUT2D eigenvalue weighted by molar-refractivity contribution is 6.19. The predicted octanol–water partition coefficient (Wildman–Crippen LogP) is 4.50. The first-order chi connectivity index (χ1) is 11.5. The van der Waals surface area contributed by atoms with Crippen LogP contribution in [0.25, 0.3) is 5.57 Å². The van der Waals surface area contributed by atoms with Crippen molar-refractivity contribution in [3.05, 3.63) is 47.5 Å². The summed E-state index contributed by atoms with van der Waals surface area (Å²) < 4.78 is 1.67. The summed E-state index contributed by atoms with van der Waals surface area (Å²) in [4.78, 5) is 0. The van der Waals surface area contributed by atoms with Crippen LogP contribution in [0.1, 0.15) is 43.9 Å². The Morgan fingerprint density at radius 2 is 2.25 bits per heavy atom. The molecule has 0 aliphatic rings. The molecule has 4 nitrogen and oxygen atoms in total. The van der Waals surface area contributed by atoms with Gasteiger partial charge in [0.25, 0.3) is 0 Å². The highest BCUT2D eigenvalue weighted by Crippen LogP contribution is 2.25. The van der Waals surface area contributed by atoms with Crippen molar-refractivity contribution in [2.45, 2.75) is 32.6 Å². The number of hydrogen-bond donors (Lipinski definition) is 1. The van der Waals surface area contributed by atoms with Crippen molar-refractivity contribution in [1.29, 1.82) is 5.26 Å². The summed E-state index contributed by atoms with van der Waals surface area (Å²) in [5.41, 5.74) is 2.91. The predicted molar refractivity (Wildman–Crippen MR) is 98.4 cm³/mol. The SMILES string of the molecule is C=CC/C(=C(O)\C=C(\C)CCl)c1nn(C)cc1C#CCCCC#N.